The SMILES string of the molecule is CCCC/C(=N/C(C)C)N(C)C(C)C. The van der Waals surface area contributed by atoms with Gasteiger partial charge in [-0.15, -0.1) is 0 Å². The third-order valence-corrected chi connectivity index (χ3v) is 2.34. The van der Waals surface area contributed by atoms with Crippen LogP contribution in [0.4, 0.5) is 0 Å². The minimum Gasteiger partial charge on any atom is -0.361 e. The lowest BCUT2D eigenvalue weighted by molar-refractivity contribution is 0.404. The molecule has 0 saturated heterocycles. The van der Waals surface area contributed by atoms with Gasteiger partial charge in [-0.05, 0) is 34.1 Å². The first-order chi connectivity index (χ1) is 6.49. The van der Waals surface area contributed by atoms with Crippen LogP contribution in [-0.2, 0) is 0 Å². The number of rotatable bonds is 5. The lowest BCUT2D eigenvalue weighted by Crippen LogP contribution is -2.33. The number of nitrogens with zero attached hydrogens (tertiary/aromatic N) is 2. The Morgan fingerprint density at radius 1 is 1.21 bits per heavy atom. The summed E-state index contributed by atoms with van der Waals surface area (Å²) in [4.78, 5) is 6.97. The van der Waals surface area contributed by atoms with Gasteiger partial charge in [-0.1, -0.05) is 13.3 Å². The van der Waals surface area contributed by atoms with E-state index < -0.39 is 0 Å². The molecule has 0 aromatic rings. The highest BCUT2D eigenvalue weighted by Gasteiger charge is 2.09. The van der Waals surface area contributed by atoms with Crippen LogP contribution < -0.4 is 0 Å². The van der Waals surface area contributed by atoms with E-state index in [1.54, 1.807) is 0 Å². The van der Waals surface area contributed by atoms with Crippen molar-refractivity contribution >= 4 is 5.84 Å². The molecule has 0 aliphatic carbocycles. The van der Waals surface area contributed by atoms with Gasteiger partial charge in [0.05, 0.1) is 5.84 Å². The quantitative estimate of drug-likeness (QED) is 0.489. The molecule has 0 unspecified atom stereocenters. The standard InChI is InChI=1S/C12H26N2/c1-7-8-9-12(13-10(2)3)14(6)11(4)5/h10-11H,7-9H2,1-6H3/b13-12-. The average molecular weight is 198 g/mol. The van der Waals surface area contributed by atoms with Gasteiger partial charge < -0.3 is 4.90 Å². The monoisotopic (exact) mass is 198 g/mol. The van der Waals surface area contributed by atoms with Crippen LogP contribution in [0.15, 0.2) is 4.99 Å². The summed E-state index contributed by atoms with van der Waals surface area (Å²) in [5, 5.41) is 0. The van der Waals surface area contributed by atoms with E-state index >= 15 is 0 Å². The zero-order valence-corrected chi connectivity index (χ0v) is 10.7. The molecule has 0 aliphatic rings. The maximum Gasteiger partial charge on any atom is 0.0991 e. The van der Waals surface area contributed by atoms with E-state index in [0.717, 1.165) is 6.42 Å². The summed E-state index contributed by atoms with van der Waals surface area (Å²) in [5.74, 6) is 1.26. The van der Waals surface area contributed by atoms with Gasteiger partial charge in [0.15, 0.2) is 0 Å². The first-order valence-corrected chi connectivity index (χ1v) is 5.78. The van der Waals surface area contributed by atoms with Crippen molar-refractivity contribution in [3.8, 4) is 0 Å². The van der Waals surface area contributed by atoms with Crippen LogP contribution in [0.3, 0.4) is 0 Å². The molecule has 0 amide bonds. The van der Waals surface area contributed by atoms with Crippen molar-refractivity contribution in [2.45, 2.75) is 66.0 Å². The molecule has 0 aromatic heterocycles. The fraction of sp³-hybridized carbons (Fsp3) is 0.917. The molecule has 84 valence electrons. The molecular weight excluding hydrogens is 172 g/mol. The van der Waals surface area contributed by atoms with Gasteiger partial charge in [-0.2, -0.15) is 0 Å². The minimum absolute atomic E-state index is 0.406. The molecule has 0 N–H and O–H groups in total. The minimum atomic E-state index is 0.406. The molecule has 14 heavy (non-hydrogen) atoms. The highest BCUT2D eigenvalue weighted by molar-refractivity contribution is 5.82. The van der Waals surface area contributed by atoms with Crippen molar-refractivity contribution in [2.75, 3.05) is 7.05 Å². The molecule has 0 atom stereocenters. The van der Waals surface area contributed by atoms with Crippen molar-refractivity contribution in [3.63, 3.8) is 0 Å². The Kier molecular flexibility index (Phi) is 6.60. The Hall–Kier alpha value is -0.530. The molecule has 0 rings (SSSR count). The van der Waals surface area contributed by atoms with Crippen LogP contribution in [-0.4, -0.2) is 29.9 Å². The predicted octanol–water partition coefficient (Wildman–Crippen LogP) is 3.32. The number of unbranched alkanes of at least 4 members (excludes halogenated alkanes) is 1. The second-order valence-electron chi connectivity index (χ2n) is 4.45. The van der Waals surface area contributed by atoms with Crippen LogP contribution >= 0.6 is 0 Å². The van der Waals surface area contributed by atoms with Gasteiger partial charge >= 0.3 is 0 Å². The lowest BCUT2D eigenvalue weighted by atomic mass is 10.2. The van der Waals surface area contributed by atoms with Gasteiger partial charge in [-0.25, -0.2) is 0 Å². The summed E-state index contributed by atoms with van der Waals surface area (Å²) in [6, 6.07) is 0.951. The number of aliphatic imine (C=N–C) groups is 1. The van der Waals surface area contributed by atoms with Crippen LogP contribution in [0, 0.1) is 0 Å². The van der Waals surface area contributed by atoms with E-state index in [1.807, 2.05) is 0 Å². The Bertz CT molecular complexity index is 171. The number of amidine groups is 1. The van der Waals surface area contributed by atoms with Gasteiger partial charge in [0.1, 0.15) is 0 Å². The van der Waals surface area contributed by atoms with Crippen molar-refractivity contribution < 1.29 is 0 Å². The third-order valence-electron chi connectivity index (χ3n) is 2.34. The molecule has 0 spiro atoms. The Morgan fingerprint density at radius 3 is 2.14 bits per heavy atom. The van der Waals surface area contributed by atoms with Crippen LogP contribution in [0.25, 0.3) is 0 Å². The van der Waals surface area contributed by atoms with Crippen molar-refractivity contribution in [2.24, 2.45) is 4.99 Å². The fourth-order valence-electron chi connectivity index (χ4n) is 1.26. The maximum absolute atomic E-state index is 4.68. The Labute approximate surface area is 89.4 Å². The van der Waals surface area contributed by atoms with Gasteiger partial charge in [0.2, 0.25) is 0 Å². The van der Waals surface area contributed by atoms with Crippen molar-refractivity contribution in [1.82, 2.24) is 4.90 Å². The molecule has 0 bridgehead atoms. The Morgan fingerprint density at radius 2 is 1.79 bits per heavy atom. The Balaban J connectivity index is 4.38. The number of hydrogen-bond acceptors (Lipinski definition) is 1. The van der Waals surface area contributed by atoms with E-state index in [9.17, 15) is 0 Å². The molecule has 0 saturated carbocycles. The molecule has 0 aromatic carbocycles. The molecular formula is C12H26N2. The number of hydrogen-bond donors (Lipinski definition) is 0. The fourth-order valence-corrected chi connectivity index (χ4v) is 1.26. The molecule has 2 nitrogen and oxygen atoms in total. The largest absolute Gasteiger partial charge is 0.361 e. The maximum atomic E-state index is 4.68. The van der Waals surface area contributed by atoms with Gasteiger partial charge in [0.25, 0.3) is 0 Å². The smallest absolute Gasteiger partial charge is 0.0991 e. The van der Waals surface area contributed by atoms with E-state index in [4.69, 9.17) is 0 Å². The van der Waals surface area contributed by atoms with E-state index in [2.05, 4.69) is 51.6 Å². The van der Waals surface area contributed by atoms with Crippen molar-refractivity contribution in [1.29, 1.82) is 0 Å². The topological polar surface area (TPSA) is 15.6 Å². The second-order valence-corrected chi connectivity index (χ2v) is 4.45. The zero-order chi connectivity index (χ0) is 11.1. The van der Waals surface area contributed by atoms with E-state index in [-0.39, 0.29) is 0 Å². The average Bonchev–Trinajstić information content (AvgIpc) is 2.10. The summed E-state index contributed by atoms with van der Waals surface area (Å²) in [7, 11) is 2.14. The van der Waals surface area contributed by atoms with Crippen LogP contribution in [0.5, 0.6) is 0 Å². The first kappa shape index (κ1) is 13.5. The summed E-state index contributed by atoms with van der Waals surface area (Å²) < 4.78 is 0. The normalized spacial score (nSPS) is 12.7. The van der Waals surface area contributed by atoms with E-state index in [1.165, 1.54) is 18.7 Å². The van der Waals surface area contributed by atoms with Crippen LogP contribution in [0.2, 0.25) is 0 Å². The summed E-state index contributed by atoms with van der Waals surface area (Å²) in [6.07, 6.45) is 3.59. The third kappa shape index (κ3) is 5.25. The highest BCUT2D eigenvalue weighted by Crippen LogP contribution is 2.06. The first-order valence-electron chi connectivity index (χ1n) is 5.78. The lowest BCUT2D eigenvalue weighted by Gasteiger charge is -2.26. The molecule has 0 heterocycles. The summed E-state index contributed by atoms with van der Waals surface area (Å²) in [6.45, 7) is 10.9. The predicted molar refractivity (Wildman–Crippen MR) is 65.0 cm³/mol. The van der Waals surface area contributed by atoms with Gasteiger partial charge in [-0.3, -0.25) is 4.99 Å². The summed E-state index contributed by atoms with van der Waals surface area (Å²) >= 11 is 0. The molecule has 0 radical (unpaired) electrons. The van der Waals surface area contributed by atoms with Gasteiger partial charge in [0, 0.05) is 25.6 Å². The zero-order valence-electron chi connectivity index (χ0n) is 10.7. The summed E-state index contributed by atoms with van der Waals surface area (Å²) in [5.41, 5.74) is 0. The molecule has 2 heteroatoms. The molecule has 0 fully saturated rings. The van der Waals surface area contributed by atoms with Crippen LogP contribution in [0.1, 0.15) is 53.9 Å². The van der Waals surface area contributed by atoms with E-state index in [0.29, 0.717) is 12.1 Å². The van der Waals surface area contributed by atoms with Crippen molar-refractivity contribution in [3.05, 3.63) is 0 Å². The molecule has 0 aliphatic heterocycles. The second kappa shape index (κ2) is 6.86. The highest BCUT2D eigenvalue weighted by atomic mass is 15.2.